The molecule has 2 unspecified atom stereocenters. The van der Waals surface area contributed by atoms with Crippen molar-refractivity contribution >= 4 is 29.4 Å². The zero-order chi connectivity index (χ0) is 31.6. The maximum atomic E-state index is 14.4. The van der Waals surface area contributed by atoms with Gasteiger partial charge in [0.05, 0.1) is 17.9 Å². The van der Waals surface area contributed by atoms with Gasteiger partial charge in [0, 0.05) is 24.1 Å². The normalized spacial score (nSPS) is 20.8. The number of benzene rings is 3. The van der Waals surface area contributed by atoms with Gasteiger partial charge in [0.2, 0.25) is 17.7 Å². The summed E-state index contributed by atoms with van der Waals surface area (Å²) in [7, 11) is 0. The number of hydrazone groups is 1. The van der Waals surface area contributed by atoms with E-state index < -0.39 is 29.1 Å². The lowest BCUT2D eigenvalue weighted by Crippen LogP contribution is -2.39. The number of aliphatic carboxylic acids is 1. The molecule has 3 aromatic rings. The summed E-state index contributed by atoms with van der Waals surface area (Å²) in [5, 5.41) is 18.4. The molecule has 0 aromatic heterocycles. The number of carboxylic acid groups (broad SMARTS) is 1. The summed E-state index contributed by atoms with van der Waals surface area (Å²) in [6.07, 6.45) is 2.04. The highest BCUT2D eigenvalue weighted by atomic mass is 19.3. The van der Waals surface area contributed by atoms with Crippen molar-refractivity contribution in [3.05, 3.63) is 101 Å². The summed E-state index contributed by atoms with van der Waals surface area (Å²) in [6.45, 7) is 0.0459. The van der Waals surface area contributed by atoms with Crippen molar-refractivity contribution in [1.29, 1.82) is 0 Å². The lowest BCUT2D eigenvalue weighted by molar-refractivity contribution is -0.154. The number of amides is 2. The first kappa shape index (κ1) is 30.4. The maximum absolute atomic E-state index is 14.4. The number of carbonyl (C=O) groups is 3. The first-order valence-corrected chi connectivity index (χ1v) is 15.3. The second-order valence-electron chi connectivity index (χ2n) is 12.4. The number of nitrogens with zero attached hydrogens (tertiary/aromatic N) is 2. The fraction of sp³-hybridized carbons (Fsp3) is 0.371. The van der Waals surface area contributed by atoms with Crippen LogP contribution in [-0.2, 0) is 32.1 Å². The monoisotopic (exact) mass is 615 g/mol. The van der Waals surface area contributed by atoms with Crippen molar-refractivity contribution in [1.82, 2.24) is 5.01 Å². The second kappa shape index (κ2) is 12.4. The Morgan fingerprint density at radius 2 is 1.76 bits per heavy atom. The standard InChI is InChI=1S/C35H35F2N3O5/c36-35(37)17-14-27(20-35)30(31(42)38-28-9-4-6-24(18-28)19-34(33(43)44)15-5-16-34)25-12-10-23(11-13-25)21-40-29(41)22-45-32(39-40)26-7-2-1-3-8-26/h1-4,6-13,18,27,30H,5,14-17,19-22H2,(H,38,42)(H,43,44). The second-order valence-corrected chi connectivity index (χ2v) is 12.4. The molecule has 0 saturated heterocycles. The molecule has 0 bridgehead atoms. The van der Waals surface area contributed by atoms with Crippen LogP contribution in [0, 0.1) is 11.3 Å². The molecule has 3 aliphatic rings. The minimum atomic E-state index is -2.83. The lowest BCUT2D eigenvalue weighted by atomic mass is 9.65. The van der Waals surface area contributed by atoms with Crippen molar-refractivity contribution in [3.63, 3.8) is 0 Å². The van der Waals surface area contributed by atoms with E-state index in [9.17, 15) is 28.3 Å². The van der Waals surface area contributed by atoms with E-state index in [1.165, 1.54) is 5.01 Å². The van der Waals surface area contributed by atoms with Gasteiger partial charge in [0.1, 0.15) is 0 Å². The quantitative estimate of drug-likeness (QED) is 0.276. The molecule has 1 heterocycles. The van der Waals surface area contributed by atoms with Crippen LogP contribution in [0.25, 0.3) is 0 Å². The molecule has 2 saturated carbocycles. The molecule has 2 fully saturated rings. The number of hydrogen-bond donors (Lipinski definition) is 2. The number of halogens is 2. The summed E-state index contributed by atoms with van der Waals surface area (Å²) in [5.74, 6) is -5.35. The van der Waals surface area contributed by atoms with Gasteiger partial charge in [0.15, 0.2) is 6.61 Å². The molecule has 45 heavy (non-hydrogen) atoms. The van der Waals surface area contributed by atoms with Crippen LogP contribution in [0.4, 0.5) is 14.5 Å². The Kier molecular flexibility index (Phi) is 8.40. The van der Waals surface area contributed by atoms with Gasteiger partial charge < -0.3 is 15.2 Å². The smallest absolute Gasteiger partial charge is 0.309 e. The van der Waals surface area contributed by atoms with Crippen LogP contribution < -0.4 is 5.32 Å². The topological polar surface area (TPSA) is 108 Å². The van der Waals surface area contributed by atoms with E-state index in [1.54, 1.807) is 42.5 Å². The predicted octanol–water partition coefficient (Wildman–Crippen LogP) is 6.36. The van der Waals surface area contributed by atoms with Crippen LogP contribution in [0.3, 0.4) is 0 Å². The Labute approximate surface area is 260 Å². The average Bonchev–Trinajstić information content (AvgIpc) is 3.36. The van der Waals surface area contributed by atoms with Gasteiger partial charge >= 0.3 is 5.97 Å². The van der Waals surface area contributed by atoms with Gasteiger partial charge in [-0.05, 0) is 72.6 Å². The minimum Gasteiger partial charge on any atom is -0.481 e. The molecular weight excluding hydrogens is 580 g/mol. The van der Waals surface area contributed by atoms with Gasteiger partial charge in [-0.3, -0.25) is 14.4 Å². The van der Waals surface area contributed by atoms with Gasteiger partial charge in [-0.15, -0.1) is 5.10 Å². The molecule has 0 spiro atoms. The highest BCUT2D eigenvalue weighted by Crippen LogP contribution is 2.46. The molecule has 3 aromatic carbocycles. The Morgan fingerprint density at radius 3 is 2.40 bits per heavy atom. The summed E-state index contributed by atoms with van der Waals surface area (Å²) >= 11 is 0. The Bertz CT molecular complexity index is 1600. The van der Waals surface area contributed by atoms with E-state index in [4.69, 9.17) is 4.74 Å². The Balaban J connectivity index is 1.20. The molecular formula is C35H35F2N3O5. The molecule has 0 radical (unpaired) electrons. The molecule has 8 nitrogen and oxygen atoms in total. The third-order valence-corrected chi connectivity index (χ3v) is 9.22. The number of rotatable bonds is 10. The fourth-order valence-electron chi connectivity index (χ4n) is 6.59. The third-order valence-electron chi connectivity index (χ3n) is 9.22. The number of nitrogens with one attached hydrogen (secondary N) is 1. The van der Waals surface area contributed by atoms with Crippen LogP contribution in [0.1, 0.15) is 66.7 Å². The average molecular weight is 616 g/mol. The SMILES string of the molecule is O=C(Nc1cccc(CC2(C(=O)O)CCC2)c1)C(c1ccc(CN2N=C(c3ccccc3)OCC2=O)cc1)C1CCC(F)(F)C1. The lowest BCUT2D eigenvalue weighted by Gasteiger charge is -2.37. The Morgan fingerprint density at radius 1 is 1.00 bits per heavy atom. The summed E-state index contributed by atoms with van der Waals surface area (Å²) in [4.78, 5) is 38.2. The number of anilines is 1. The number of hydrogen-bond acceptors (Lipinski definition) is 5. The van der Waals surface area contributed by atoms with E-state index in [-0.39, 0.29) is 44.2 Å². The summed E-state index contributed by atoms with van der Waals surface area (Å²) < 4.78 is 34.2. The van der Waals surface area contributed by atoms with Crippen LogP contribution in [0.2, 0.25) is 0 Å². The van der Waals surface area contributed by atoms with Crippen LogP contribution in [-0.4, -0.2) is 46.3 Å². The Hall–Kier alpha value is -4.60. The van der Waals surface area contributed by atoms with Gasteiger partial charge in [-0.2, -0.15) is 0 Å². The van der Waals surface area contributed by atoms with Crippen molar-refractivity contribution in [2.45, 2.75) is 63.3 Å². The van der Waals surface area contributed by atoms with Crippen molar-refractivity contribution in [2.24, 2.45) is 16.4 Å². The molecule has 2 N–H and O–H groups in total. The number of carboxylic acids is 1. The van der Waals surface area contributed by atoms with E-state index in [1.807, 2.05) is 36.4 Å². The number of ether oxygens (including phenoxy) is 1. The van der Waals surface area contributed by atoms with Crippen molar-refractivity contribution in [3.8, 4) is 0 Å². The highest BCUT2D eigenvalue weighted by Gasteiger charge is 2.46. The van der Waals surface area contributed by atoms with Crippen LogP contribution in [0.15, 0.2) is 84.0 Å². The van der Waals surface area contributed by atoms with Crippen molar-refractivity contribution < 1.29 is 33.0 Å². The first-order chi connectivity index (χ1) is 21.6. The van der Waals surface area contributed by atoms with E-state index in [0.29, 0.717) is 36.4 Å². The van der Waals surface area contributed by atoms with Crippen molar-refractivity contribution in [2.75, 3.05) is 11.9 Å². The van der Waals surface area contributed by atoms with Crippen LogP contribution in [0.5, 0.6) is 0 Å². The predicted molar refractivity (Wildman–Crippen MR) is 164 cm³/mol. The highest BCUT2D eigenvalue weighted by molar-refractivity contribution is 5.98. The van der Waals surface area contributed by atoms with E-state index >= 15 is 0 Å². The summed E-state index contributed by atoms with van der Waals surface area (Å²) in [5.41, 5.74) is 2.65. The molecule has 2 atom stereocenters. The van der Waals surface area contributed by atoms with Gasteiger partial charge in [-0.1, -0.05) is 61.0 Å². The molecule has 6 rings (SSSR count). The number of carbonyl (C=O) groups excluding carboxylic acids is 2. The largest absolute Gasteiger partial charge is 0.481 e. The molecule has 2 aliphatic carbocycles. The summed E-state index contributed by atoms with van der Waals surface area (Å²) in [6, 6.07) is 23.5. The molecule has 1 aliphatic heterocycles. The third kappa shape index (κ3) is 6.74. The van der Waals surface area contributed by atoms with Crippen LogP contribution >= 0.6 is 0 Å². The van der Waals surface area contributed by atoms with E-state index in [0.717, 1.165) is 23.1 Å². The first-order valence-electron chi connectivity index (χ1n) is 15.3. The molecule has 10 heteroatoms. The number of alkyl halides is 2. The minimum absolute atomic E-state index is 0.136. The van der Waals surface area contributed by atoms with Gasteiger partial charge in [-0.25, -0.2) is 13.8 Å². The zero-order valence-electron chi connectivity index (χ0n) is 24.8. The molecule has 234 valence electrons. The van der Waals surface area contributed by atoms with Gasteiger partial charge in [0.25, 0.3) is 5.91 Å². The fourth-order valence-corrected chi connectivity index (χ4v) is 6.59. The van der Waals surface area contributed by atoms with E-state index in [2.05, 4.69) is 10.4 Å². The zero-order valence-corrected chi connectivity index (χ0v) is 24.8. The maximum Gasteiger partial charge on any atom is 0.309 e. The molecule has 2 amide bonds.